The van der Waals surface area contributed by atoms with E-state index in [1.54, 1.807) is 25.3 Å². The number of ketones is 5. The number of nitrogens with one attached hydrogen (secondary N) is 2. The lowest BCUT2D eigenvalue weighted by molar-refractivity contribution is -0.282. The highest BCUT2D eigenvalue weighted by atomic mass is 31.2. The summed E-state index contributed by atoms with van der Waals surface area (Å²) in [5.74, 6) is -4.97. The standard InChI is InChI=1S/C85H144N8O34P2/c1-53(2)128(112,113)122-46-57-38-58(93-52-90-73-80(86)88-51-89-81(73)93)40-66(57)127-129(114,115)123-47-59-39-65(102)42-92(59)72(105)41-71(104)91-85(48-116-35-28-63(100)22-10-6-8-20-60(97)25-13-17-32-119-82-54(3)74(106)77(109)67(43-94)124-82,49-117-36-29-64(101)23-11-7-9-21-61(98)26-14-18-33-120-83-55(4)75(107)78(110)68(44-95)125-83)50-118-37-30-70(103)87-31-16-12-24-62(99)27-15-19-34-121-84-56(5)76(108)79(111)69(45-96)126-84/h51-59,65-69,74-79,82-84,94-96,102,106-111H,6-50H2,1-5H3,(H,87,103)(H,91,104)(H,112,113)(H,114,115)(H2,86,88,89)/p-2/t54?,55?,56?,57-,58-,59+,65-,66+,67?,68?,69?,74-,75-,76-,77+,78+,79+,82-,83-,84-,85?/m1/s1. The third kappa shape index (κ3) is 37.0. The van der Waals surface area contributed by atoms with Gasteiger partial charge in [0.05, 0.1) is 116 Å². The summed E-state index contributed by atoms with van der Waals surface area (Å²) in [5, 5.41) is 107. The van der Waals surface area contributed by atoms with Gasteiger partial charge in [-0.1, -0.05) is 47.5 Å². The number of hydrogen-bond donors (Lipinski definition) is 13. The maximum atomic E-state index is 14.6. The zero-order chi connectivity index (χ0) is 94.4. The molecule has 0 spiro atoms. The number of amides is 3. The fourth-order valence-electron chi connectivity index (χ4n) is 16.1. The summed E-state index contributed by atoms with van der Waals surface area (Å²) >= 11 is 0. The van der Waals surface area contributed by atoms with Crippen molar-refractivity contribution in [3.05, 3.63) is 12.7 Å². The molecular formula is C85H142N8O34P2-2. The van der Waals surface area contributed by atoms with Crippen LogP contribution in [0.4, 0.5) is 5.82 Å². The first-order chi connectivity index (χ1) is 61.5. The largest absolute Gasteiger partial charge is 0.778 e. The molecule has 5 fully saturated rings. The van der Waals surface area contributed by atoms with Crippen molar-refractivity contribution >= 4 is 79.0 Å². The molecular weight excluding hydrogens is 1740 g/mol. The van der Waals surface area contributed by atoms with Gasteiger partial charge in [0.15, 0.2) is 30.3 Å². The van der Waals surface area contributed by atoms with Crippen LogP contribution in [-0.4, -0.2) is 331 Å². The smallest absolute Gasteiger partial charge is 0.268 e. The molecule has 4 saturated heterocycles. The van der Waals surface area contributed by atoms with Crippen molar-refractivity contribution < 1.29 is 165 Å². The van der Waals surface area contributed by atoms with Gasteiger partial charge < -0.3 is 147 Å². The third-order valence-electron chi connectivity index (χ3n) is 24.3. The highest BCUT2D eigenvalue weighted by Gasteiger charge is 2.47. The normalized spacial score (nSPS) is 28.1. The summed E-state index contributed by atoms with van der Waals surface area (Å²) in [6, 6.07) is -1.70. The van der Waals surface area contributed by atoms with Crippen LogP contribution in [-0.2, 0) is 104 Å². The van der Waals surface area contributed by atoms with Crippen LogP contribution in [0.3, 0.4) is 0 Å². The van der Waals surface area contributed by atoms with Crippen molar-refractivity contribution in [3.63, 3.8) is 0 Å². The summed E-state index contributed by atoms with van der Waals surface area (Å²) in [7, 11) is -9.78. The van der Waals surface area contributed by atoms with Crippen LogP contribution in [0.1, 0.15) is 227 Å². The number of phosphoric ester groups is 1. The van der Waals surface area contributed by atoms with Crippen LogP contribution in [0.5, 0.6) is 0 Å². The Kier molecular flexibility index (Phi) is 48.7. The van der Waals surface area contributed by atoms with Crippen LogP contribution in [0.2, 0.25) is 0 Å². The predicted octanol–water partition coefficient (Wildman–Crippen LogP) is 1.45. The number of unbranched alkanes of at least 4 members (excludes halogenated alkanes) is 8. The molecule has 0 radical (unpaired) electrons. The molecule has 129 heavy (non-hydrogen) atoms. The van der Waals surface area contributed by atoms with E-state index in [2.05, 4.69) is 25.6 Å². The summed E-state index contributed by atoms with van der Waals surface area (Å²) in [5.41, 5.74) is 4.02. The monoisotopic (exact) mass is 1880 g/mol. The SMILES string of the molecule is CC1[C@H](OCCCCC(=O)CCCCCC(=O)CCOCC(COCCC(=O)CCCCCC(=O)CCCCO[C@@H]2OC(CO)[C@H](O)[C@H](O)C2C)(COCCC(=O)NCCCCC(=O)CCCCO[C@@H]2OC(CO)[C@H](O)[C@H](O)C2C)NC(=O)CC(=O)N2C[C@H](O)C[C@H]2COP(=O)([O-])O[C@H]2C[C@H](n3cnc4c(N)ncnc43)C[C@@H]2COP(=O)([O-])C(C)C)OC(CO)[C@H](O)[C@@H]1O. The van der Waals surface area contributed by atoms with Gasteiger partial charge in [0.25, 0.3) is 7.82 Å². The van der Waals surface area contributed by atoms with Gasteiger partial charge in [0.2, 0.25) is 17.7 Å². The number of aliphatic hydroxyl groups excluding tert-OH is 10. The van der Waals surface area contributed by atoms with Gasteiger partial charge >= 0.3 is 0 Å². The Balaban J connectivity index is 0.953. The van der Waals surface area contributed by atoms with E-state index in [-0.39, 0.29) is 170 Å². The molecule has 0 aromatic carbocycles. The topological polar surface area (TPSA) is 627 Å². The first-order valence-electron chi connectivity index (χ1n) is 45.6. The number of β-amino-alcohol motifs (C(OH)–C–C–N with tert-alkyl or cyclic N) is 1. The summed E-state index contributed by atoms with van der Waals surface area (Å²) in [4.78, 5) is 148. The number of aliphatic hydroxyl groups is 10. The van der Waals surface area contributed by atoms with E-state index in [0.29, 0.717) is 108 Å². The van der Waals surface area contributed by atoms with E-state index in [1.165, 1.54) is 26.5 Å². The molecule has 1 aliphatic carbocycles. The number of rotatable bonds is 66. The Labute approximate surface area is 753 Å². The van der Waals surface area contributed by atoms with Gasteiger partial charge in [-0.25, -0.2) is 15.0 Å². The van der Waals surface area contributed by atoms with E-state index in [0.717, 1.165) is 4.90 Å². The number of phosphoric acid groups is 1. The minimum absolute atomic E-state index is 0.00439. The van der Waals surface area contributed by atoms with Gasteiger partial charge in [0, 0.05) is 139 Å². The predicted molar refractivity (Wildman–Crippen MR) is 455 cm³/mol. The average Bonchev–Trinajstić information content (AvgIpc) is 1.63. The van der Waals surface area contributed by atoms with E-state index in [9.17, 15) is 108 Å². The van der Waals surface area contributed by atoms with Gasteiger partial charge in [-0.3, -0.25) is 42.9 Å². The maximum Gasteiger partial charge on any atom is 0.268 e. The summed E-state index contributed by atoms with van der Waals surface area (Å²) < 4.78 is 97.5. The number of ether oxygens (including phenoxy) is 9. The average molecular weight is 1880 g/mol. The number of Topliss-reactive ketones (excluding diaryl/α,β-unsaturated/α-hetero) is 5. The molecule has 42 nitrogen and oxygen atoms in total. The number of aromatic nitrogens is 4. The summed E-state index contributed by atoms with van der Waals surface area (Å²) in [6.07, 6.45) is -4.78. The van der Waals surface area contributed by atoms with Crippen molar-refractivity contribution in [1.29, 1.82) is 0 Å². The van der Waals surface area contributed by atoms with E-state index >= 15 is 0 Å². The maximum absolute atomic E-state index is 14.6. The number of nitrogens with zero attached hydrogens (tertiary/aromatic N) is 5. The highest BCUT2D eigenvalue weighted by Crippen LogP contribution is 2.51. The number of fused-ring (bicyclic) bond motifs is 1. The lowest BCUT2D eigenvalue weighted by Crippen LogP contribution is -2.59. The number of hydrogen-bond acceptors (Lipinski definition) is 38. The first kappa shape index (κ1) is 111. The molecule has 738 valence electrons. The second-order valence-corrected chi connectivity index (χ2v) is 38.8. The van der Waals surface area contributed by atoms with Crippen molar-refractivity contribution in [2.24, 2.45) is 23.7 Å². The van der Waals surface area contributed by atoms with E-state index < -0.39 is 225 Å². The molecule has 3 amide bonds. The lowest BCUT2D eigenvalue weighted by Gasteiger charge is -2.40. The minimum Gasteiger partial charge on any atom is -0.778 e. The van der Waals surface area contributed by atoms with Gasteiger partial charge in [-0.15, -0.1) is 0 Å². The molecule has 14 N–H and O–H groups in total. The third-order valence-corrected chi connectivity index (χ3v) is 27.0. The van der Waals surface area contributed by atoms with Crippen LogP contribution < -0.4 is 26.2 Å². The van der Waals surface area contributed by atoms with E-state index in [1.807, 2.05) is 0 Å². The van der Waals surface area contributed by atoms with Crippen LogP contribution in [0.25, 0.3) is 11.2 Å². The van der Waals surface area contributed by atoms with Crippen LogP contribution in [0.15, 0.2) is 12.7 Å². The zero-order valence-corrected chi connectivity index (χ0v) is 76.9. The molecule has 0 bridgehead atoms. The van der Waals surface area contributed by atoms with Gasteiger partial charge in [-0.05, 0) is 96.3 Å². The molecule has 2 aromatic heterocycles. The van der Waals surface area contributed by atoms with Crippen molar-refractivity contribution in [1.82, 2.24) is 35.1 Å². The van der Waals surface area contributed by atoms with Gasteiger partial charge in [-0.2, -0.15) is 0 Å². The number of carbonyl (C=O) groups is 8. The Hall–Kier alpha value is -5.39. The number of anilines is 1. The molecule has 44 heteroatoms. The molecule has 22 atom stereocenters. The van der Waals surface area contributed by atoms with Gasteiger partial charge in [0.1, 0.15) is 96.9 Å². The fraction of sp³-hybridized carbons (Fsp3) is 0.847. The second kappa shape index (κ2) is 56.8. The molecule has 6 heterocycles. The van der Waals surface area contributed by atoms with Crippen LogP contribution in [0, 0.1) is 23.7 Å². The quantitative estimate of drug-likeness (QED) is 0.0253. The zero-order valence-electron chi connectivity index (χ0n) is 75.1. The van der Waals surface area contributed by atoms with Crippen molar-refractivity contribution in [2.45, 2.75) is 330 Å². The van der Waals surface area contributed by atoms with E-state index in [4.69, 9.17) is 61.9 Å². The lowest BCUT2D eigenvalue weighted by atomic mass is 9.92. The number of likely N-dealkylation sites (tertiary alicyclic amines) is 1. The Bertz CT molecular complexity index is 3620. The number of carbonyl (C=O) groups excluding carboxylic acids is 8. The Morgan fingerprint density at radius 3 is 1.40 bits per heavy atom. The molecule has 2 aromatic rings. The number of imidazole rings is 1. The molecule has 7 rings (SSSR count). The minimum atomic E-state index is -5.36. The molecule has 5 aliphatic rings. The molecule has 8 unspecified atom stereocenters. The molecule has 1 saturated carbocycles. The number of nitrogen functional groups attached to an aromatic ring is 1. The Morgan fingerprint density at radius 2 is 0.953 bits per heavy atom. The highest BCUT2D eigenvalue weighted by molar-refractivity contribution is 7.52. The molecule has 4 aliphatic heterocycles. The first-order valence-corrected chi connectivity index (χ1v) is 48.7. The Morgan fingerprint density at radius 1 is 0.527 bits per heavy atom. The summed E-state index contributed by atoms with van der Waals surface area (Å²) in [6.45, 7) is 3.71. The van der Waals surface area contributed by atoms with Crippen molar-refractivity contribution in [2.75, 3.05) is 111 Å². The number of nitrogens with two attached hydrogens (primary N) is 1. The fourth-order valence-corrected chi connectivity index (χ4v) is 17.8. The van der Waals surface area contributed by atoms with Crippen LogP contribution >= 0.6 is 15.4 Å². The van der Waals surface area contributed by atoms with Crippen molar-refractivity contribution in [3.8, 4) is 0 Å². The second-order valence-electron chi connectivity index (χ2n) is 35.1.